The number of nitrogens with zero attached hydrogens (tertiary/aromatic N) is 5. The van der Waals surface area contributed by atoms with Gasteiger partial charge in [-0.05, 0) is 65.8 Å². The number of carbonyl (C=O) groups excluding carboxylic acids is 5. The molecule has 5 rings (SSSR count). The number of ketones is 3. The summed E-state index contributed by atoms with van der Waals surface area (Å²) in [5, 5.41) is 12.1. The number of hydrogen-bond acceptors (Lipinski definition) is 14. The minimum atomic E-state index is -1.25. The van der Waals surface area contributed by atoms with Gasteiger partial charge in [-0.15, -0.1) is 0 Å². The number of fused-ring (bicyclic) bond motifs is 5. The van der Waals surface area contributed by atoms with E-state index in [-0.39, 0.29) is 93.9 Å². The second-order valence-corrected chi connectivity index (χ2v) is 18.2. The molecule has 0 saturated carbocycles. The number of amides is 2. The fourth-order valence-corrected chi connectivity index (χ4v) is 8.14. The number of ether oxygens (including phenoxy) is 2. The van der Waals surface area contributed by atoms with Gasteiger partial charge in [0.2, 0.25) is 11.8 Å². The molecule has 0 fully saturated rings. The third-order valence-electron chi connectivity index (χ3n) is 11.8. The van der Waals surface area contributed by atoms with E-state index in [0.717, 1.165) is 11.1 Å². The standard InChI is InChI=1S/C51H65N9O7/c1-31-25-43(63)46(60(7)50(65)35(18-20-53)29-42(62)39-30-56-47(58-48(39)59(5)6)33-11-14-36(15-12-33)51(2,3)4)34-13-17-45(67-24-22-55)38(28-34)37-26-32(10-16-44(37)66-23-21-54)27-40(57-49(31)64)41(61)9-8-19-52/h10-17,26,28,30-31,35,40,46H,8-9,18,20-25,27,29,53-55H2,1-7H3,(H,57,64)/t31-,35-,40+,46+/m1/s1. The largest absolute Gasteiger partial charge is 0.492 e. The smallest absolute Gasteiger partial charge is 0.226 e. The number of anilines is 1. The molecule has 1 aliphatic heterocycles. The molecule has 4 aromatic rings. The summed E-state index contributed by atoms with van der Waals surface area (Å²) in [6.45, 7) is 8.81. The minimum Gasteiger partial charge on any atom is -0.492 e. The van der Waals surface area contributed by atoms with E-state index in [1.165, 1.54) is 18.1 Å². The Morgan fingerprint density at radius 2 is 1.54 bits per heavy atom. The highest BCUT2D eigenvalue weighted by Crippen LogP contribution is 2.41. The Morgan fingerprint density at radius 1 is 0.896 bits per heavy atom. The van der Waals surface area contributed by atoms with Crippen LogP contribution >= 0.6 is 0 Å². The average Bonchev–Trinajstić information content (AvgIpc) is 3.30. The van der Waals surface area contributed by atoms with Gasteiger partial charge >= 0.3 is 0 Å². The van der Waals surface area contributed by atoms with Crippen molar-refractivity contribution in [2.75, 3.05) is 58.9 Å². The monoisotopic (exact) mass is 916 g/mol. The summed E-state index contributed by atoms with van der Waals surface area (Å²) >= 11 is 0. The molecule has 4 atom stereocenters. The number of nitrogens with two attached hydrogens (primary N) is 3. The average molecular weight is 916 g/mol. The fourth-order valence-electron chi connectivity index (χ4n) is 8.14. The molecule has 356 valence electrons. The Labute approximate surface area is 393 Å². The van der Waals surface area contributed by atoms with E-state index in [1.54, 1.807) is 56.3 Å². The lowest BCUT2D eigenvalue weighted by Gasteiger charge is -2.32. The van der Waals surface area contributed by atoms with Crippen molar-refractivity contribution in [3.8, 4) is 40.1 Å². The van der Waals surface area contributed by atoms with Crippen molar-refractivity contribution >= 4 is 35.0 Å². The van der Waals surface area contributed by atoms with Gasteiger partial charge in [0.15, 0.2) is 23.2 Å². The molecule has 3 aromatic carbocycles. The van der Waals surface area contributed by atoms with Gasteiger partial charge in [-0.2, -0.15) is 5.26 Å². The van der Waals surface area contributed by atoms with Crippen LogP contribution < -0.4 is 36.9 Å². The number of benzene rings is 3. The van der Waals surface area contributed by atoms with Crippen molar-refractivity contribution in [1.82, 2.24) is 20.2 Å². The van der Waals surface area contributed by atoms with Crippen LogP contribution in [0.1, 0.15) is 92.9 Å². The molecule has 0 unspecified atom stereocenters. The quantitative estimate of drug-likeness (QED) is 0.0950. The van der Waals surface area contributed by atoms with Crippen LogP contribution in [0.15, 0.2) is 66.9 Å². The maximum atomic E-state index is 14.9. The number of hydrogen-bond donors (Lipinski definition) is 4. The van der Waals surface area contributed by atoms with Crippen LogP contribution in [-0.2, 0) is 31.0 Å². The first-order valence-electron chi connectivity index (χ1n) is 22.7. The lowest BCUT2D eigenvalue weighted by molar-refractivity contribution is -0.142. The molecule has 0 spiro atoms. The highest BCUT2D eigenvalue weighted by Gasteiger charge is 2.36. The molecular formula is C51H65N9O7. The number of carbonyl (C=O) groups is 5. The molecule has 0 aliphatic carbocycles. The normalized spacial score (nSPS) is 16.8. The number of likely N-dealkylation sites (N-methyl/N-ethyl adjacent to an activating group) is 1. The van der Waals surface area contributed by atoms with Crippen LogP contribution in [0.5, 0.6) is 11.5 Å². The van der Waals surface area contributed by atoms with E-state index in [4.69, 9.17) is 31.7 Å². The van der Waals surface area contributed by atoms with Crippen molar-refractivity contribution in [2.45, 2.75) is 83.7 Å². The lowest BCUT2D eigenvalue weighted by Crippen LogP contribution is -2.46. The van der Waals surface area contributed by atoms with Gasteiger partial charge in [0.05, 0.1) is 17.7 Å². The minimum absolute atomic E-state index is 0.0342. The van der Waals surface area contributed by atoms with Crippen molar-refractivity contribution < 1.29 is 33.4 Å². The van der Waals surface area contributed by atoms with Crippen LogP contribution in [0.4, 0.5) is 5.82 Å². The van der Waals surface area contributed by atoms with Crippen LogP contribution in [0.25, 0.3) is 22.5 Å². The van der Waals surface area contributed by atoms with Crippen LogP contribution in [-0.4, -0.2) is 104 Å². The first kappa shape index (κ1) is 51.4. The lowest BCUT2D eigenvalue weighted by atomic mass is 9.86. The number of nitriles is 1. The Hall–Kier alpha value is -6.54. The SMILES string of the molecule is C[C@@H]1CC(=O)[C@@H](N(C)C(=O)[C@H](CCN)CC(=O)c2cnc(-c3ccc(C(C)(C)C)cc3)nc2N(C)C)c2ccc(OCCN)c(c2)-c2cc(ccc2OCCN)C[C@@H](C(=O)CCC#N)NC1=O. The molecule has 0 saturated heterocycles. The highest BCUT2D eigenvalue weighted by atomic mass is 16.5. The van der Waals surface area contributed by atoms with Crippen molar-refractivity contribution in [2.24, 2.45) is 29.0 Å². The van der Waals surface area contributed by atoms with E-state index in [2.05, 4.69) is 31.1 Å². The number of Topliss-reactive ketones (excluding diaryl/α,β-unsaturated/α-hetero) is 3. The summed E-state index contributed by atoms with van der Waals surface area (Å²) in [4.78, 5) is 83.7. The molecular weight excluding hydrogens is 851 g/mol. The second-order valence-electron chi connectivity index (χ2n) is 18.2. The molecule has 4 bridgehead atoms. The number of rotatable bonds is 18. The van der Waals surface area contributed by atoms with E-state index < -0.39 is 41.5 Å². The highest BCUT2D eigenvalue weighted by molar-refractivity contribution is 6.03. The summed E-state index contributed by atoms with van der Waals surface area (Å²) < 4.78 is 12.3. The van der Waals surface area contributed by atoms with E-state index >= 15 is 0 Å². The predicted molar refractivity (Wildman–Crippen MR) is 257 cm³/mol. The third kappa shape index (κ3) is 12.9. The van der Waals surface area contributed by atoms with Crippen molar-refractivity contribution in [3.63, 3.8) is 0 Å². The third-order valence-corrected chi connectivity index (χ3v) is 11.8. The van der Waals surface area contributed by atoms with Crippen molar-refractivity contribution in [3.05, 3.63) is 89.1 Å². The molecule has 67 heavy (non-hydrogen) atoms. The molecule has 16 heteroatoms. The maximum Gasteiger partial charge on any atom is 0.226 e. The first-order valence-corrected chi connectivity index (χ1v) is 22.7. The van der Waals surface area contributed by atoms with Gasteiger partial charge in [0.1, 0.15) is 36.6 Å². The van der Waals surface area contributed by atoms with Gasteiger partial charge in [0, 0.05) is 94.6 Å². The Kier molecular flexibility index (Phi) is 17.9. The summed E-state index contributed by atoms with van der Waals surface area (Å²) in [6, 6.07) is 18.2. The zero-order valence-electron chi connectivity index (χ0n) is 39.8. The molecule has 2 heterocycles. The fraction of sp³-hybridized carbons (Fsp3) is 0.451. The summed E-state index contributed by atoms with van der Waals surface area (Å²) in [6.07, 6.45) is 1.03. The summed E-state index contributed by atoms with van der Waals surface area (Å²) in [5.74, 6) is -2.45. The number of nitrogens with one attached hydrogen (secondary N) is 1. The van der Waals surface area contributed by atoms with Gasteiger partial charge in [-0.25, -0.2) is 9.97 Å². The van der Waals surface area contributed by atoms with Crippen LogP contribution in [0.2, 0.25) is 0 Å². The molecule has 1 aliphatic rings. The van der Waals surface area contributed by atoms with E-state index in [9.17, 15) is 29.2 Å². The number of aromatic nitrogens is 2. The molecule has 0 radical (unpaired) electrons. The molecule has 7 N–H and O–H groups in total. The zero-order valence-corrected chi connectivity index (χ0v) is 39.8. The summed E-state index contributed by atoms with van der Waals surface area (Å²) in [7, 11) is 5.05. The Balaban J connectivity index is 1.58. The van der Waals surface area contributed by atoms with E-state index in [0.29, 0.717) is 45.4 Å². The van der Waals surface area contributed by atoms with Gasteiger partial charge < -0.3 is 41.8 Å². The molecule has 1 aromatic heterocycles. The topological polar surface area (TPSA) is 250 Å². The second kappa shape index (κ2) is 23.3. The van der Waals surface area contributed by atoms with E-state index in [1.807, 2.05) is 36.4 Å². The predicted octanol–water partition coefficient (Wildman–Crippen LogP) is 5.10. The van der Waals surface area contributed by atoms with Crippen LogP contribution in [0.3, 0.4) is 0 Å². The van der Waals surface area contributed by atoms with Gasteiger partial charge in [-0.1, -0.05) is 64.1 Å². The van der Waals surface area contributed by atoms with Crippen LogP contribution in [0, 0.1) is 23.2 Å². The molecule has 16 nitrogen and oxygen atoms in total. The summed E-state index contributed by atoms with van der Waals surface area (Å²) in [5.41, 5.74) is 22.1. The van der Waals surface area contributed by atoms with Gasteiger partial charge in [-0.3, -0.25) is 24.0 Å². The zero-order chi connectivity index (χ0) is 49.0. The van der Waals surface area contributed by atoms with Gasteiger partial charge in [0.25, 0.3) is 0 Å². The molecule has 2 amide bonds. The van der Waals surface area contributed by atoms with Crippen molar-refractivity contribution in [1.29, 1.82) is 5.26 Å². The Bertz CT molecular complexity index is 2460. The maximum absolute atomic E-state index is 14.9. The Morgan fingerprint density at radius 3 is 2.13 bits per heavy atom. The first-order chi connectivity index (χ1) is 31.9.